The van der Waals surface area contributed by atoms with Gasteiger partial charge < -0.3 is 44.6 Å². The molecule has 2 aromatic rings. The van der Waals surface area contributed by atoms with Crippen LogP contribution in [0.3, 0.4) is 0 Å². The lowest BCUT2D eigenvalue weighted by Crippen LogP contribution is -2.72. The maximum Gasteiger partial charge on any atom is 0.504 e. The zero-order valence-electron chi connectivity index (χ0n) is 27.3. The fourth-order valence-electron chi connectivity index (χ4n) is 9.00. The minimum atomic E-state index is -2.80. The lowest BCUT2D eigenvalue weighted by Gasteiger charge is -2.53. The van der Waals surface area contributed by atoms with Gasteiger partial charge in [-0.3, -0.25) is 19.3 Å². The number of nitrogens with one attached hydrogen (secondary N) is 1. The van der Waals surface area contributed by atoms with Gasteiger partial charge in [0.25, 0.3) is 5.91 Å². The monoisotopic (exact) mass is 661 g/mol. The number of ketones is 2. The van der Waals surface area contributed by atoms with Crippen molar-refractivity contribution in [3.63, 3.8) is 0 Å². The van der Waals surface area contributed by atoms with Crippen LogP contribution in [0, 0.1) is 18.8 Å². The van der Waals surface area contributed by atoms with Crippen LogP contribution >= 0.6 is 0 Å². The Hall–Kier alpha value is -4.05. The van der Waals surface area contributed by atoms with Crippen LogP contribution in [0.25, 0.3) is 5.76 Å². The number of Topliss-reactive ketones (excluding diaryl/α,β-unsaturated/α-hetero) is 2. The van der Waals surface area contributed by atoms with Crippen molar-refractivity contribution in [3.8, 4) is 5.75 Å². The summed E-state index contributed by atoms with van der Waals surface area (Å²) in [5.41, 5.74) is -3.89. The van der Waals surface area contributed by atoms with Gasteiger partial charge >= 0.3 is 6.69 Å². The van der Waals surface area contributed by atoms with E-state index in [2.05, 4.69) is 5.32 Å². The zero-order chi connectivity index (χ0) is 34.6. The predicted molar refractivity (Wildman–Crippen MR) is 172 cm³/mol. The van der Waals surface area contributed by atoms with E-state index in [1.54, 1.807) is 14.1 Å². The number of likely N-dealkylation sites (N-methyl/N-ethyl adjacent to an activating group) is 1. The number of nitrogens with zero attached hydrogens (tertiary/aromatic N) is 2. The Morgan fingerprint density at radius 2 is 1.69 bits per heavy atom. The Bertz CT molecular complexity index is 1810. The quantitative estimate of drug-likeness (QED) is 0.191. The smallest absolute Gasteiger partial charge is 0.504 e. The van der Waals surface area contributed by atoms with Gasteiger partial charge in [0, 0.05) is 17.4 Å². The number of rotatable bonds is 5. The first-order valence-corrected chi connectivity index (χ1v) is 16.2. The van der Waals surface area contributed by atoms with Crippen LogP contribution < -0.4 is 10.8 Å². The van der Waals surface area contributed by atoms with Crippen LogP contribution in [-0.4, -0.2) is 118 Å². The van der Waals surface area contributed by atoms with E-state index >= 15 is 0 Å². The second-order valence-corrected chi connectivity index (χ2v) is 14.2. The molecular weight excluding hydrogens is 621 g/mol. The number of phenols is 1. The van der Waals surface area contributed by atoms with Crippen LogP contribution in [0.2, 0.25) is 0 Å². The molecule has 0 spiro atoms. The van der Waals surface area contributed by atoms with E-state index in [9.17, 15) is 39.9 Å². The number of aromatic hydroxyl groups is 1. The Morgan fingerprint density at radius 3 is 2.31 bits per heavy atom. The topological polar surface area (TPSA) is 186 Å². The molecule has 2 aliphatic heterocycles. The minimum Gasteiger partial charge on any atom is -0.508 e. The van der Waals surface area contributed by atoms with Gasteiger partial charge in [0.05, 0.1) is 43.5 Å². The summed E-state index contributed by atoms with van der Waals surface area (Å²) in [4.78, 5) is 44.0. The van der Waals surface area contributed by atoms with Crippen LogP contribution in [0.15, 0.2) is 59.4 Å². The second kappa shape index (κ2) is 10.7. The number of aliphatic hydroxyl groups is 4. The van der Waals surface area contributed by atoms with Gasteiger partial charge in [-0.2, -0.15) is 0 Å². The van der Waals surface area contributed by atoms with Gasteiger partial charge in [-0.1, -0.05) is 47.4 Å². The van der Waals surface area contributed by atoms with Gasteiger partial charge in [0.2, 0.25) is 5.78 Å². The normalized spacial score (nSPS) is 35.8. The molecule has 0 unspecified atom stereocenters. The van der Waals surface area contributed by atoms with Crippen molar-refractivity contribution in [1.82, 2.24) is 10.2 Å². The van der Waals surface area contributed by atoms with Gasteiger partial charge in [-0.05, 0) is 46.0 Å². The molecule has 7 rings (SSSR count). The van der Waals surface area contributed by atoms with E-state index < -0.39 is 81.7 Å². The molecule has 2 aromatic carbocycles. The van der Waals surface area contributed by atoms with Crippen molar-refractivity contribution in [2.75, 3.05) is 47.1 Å². The molecule has 48 heavy (non-hydrogen) atoms. The summed E-state index contributed by atoms with van der Waals surface area (Å²) < 4.78 is 12.7. The molecule has 3 fully saturated rings. The number of hydrogen-bond acceptors (Lipinski definition) is 11. The first-order valence-electron chi connectivity index (χ1n) is 16.2. The van der Waals surface area contributed by atoms with Crippen LogP contribution in [-0.2, 0) is 29.3 Å². The number of benzene rings is 2. The average Bonchev–Trinajstić information content (AvgIpc) is 3.57. The van der Waals surface area contributed by atoms with E-state index in [-0.39, 0.29) is 28.6 Å². The van der Waals surface area contributed by atoms with Crippen molar-refractivity contribution < 1.29 is 53.6 Å². The number of carbonyl (C=O) groups is 3. The molecule has 0 bridgehead atoms. The molecule has 2 saturated heterocycles. The predicted octanol–water partition coefficient (Wildman–Crippen LogP) is 0.249. The summed E-state index contributed by atoms with van der Waals surface area (Å²) in [6.07, 6.45) is -0.215. The lowest BCUT2D eigenvalue weighted by molar-refractivity contribution is -0.822. The van der Waals surface area contributed by atoms with E-state index in [1.807, 2.05) is 31.2 Å². The Labute approximate surface area is 277 Å². The van der Waals surface area contributed by atoms with Crippen LogP contribution in [0.4, 0.5) is 0 Å². The number of hydrogen-bond donors (Lipinski definition) is 6. The molecular formula is C34H40BN3O10. The fourth-order valence-corrected chi connectivity index (χ4v) is 9.00. The maximum atomic E-state index is 14.4. The molecule has 0 aromatic heterocycles. The molecule has 1 amide bonds. The molecule has 14 heteroatoms. The van der Waals surface area contributed by atoms with Crippen molar-refractivity contribution in [1.29, 1.82) is 0 Å². The van der Waals surface area contributed by atoms with E-state index in [1.165, 1.54) is 30.0 Å². The fraction of sp³-hybridized carbons (Fsp3) is 0.441. The zero-order valence-corrected chi connectivity index (χ0v) is 27.3. The number of carbonyl (C=O) groups excluding carboxylic acids is 3. The van der Waals surface area contributed by atoms with Crippen LogP contribution in [0.5, 0.6) is 5.75 Å². The SMILES string of the molecule is Cc1ccc([B-]23OCC[N+]2(CNC(=O)C2=C(O)[C@]4(O)C(=O)C5=C(O)c6c(O)cccc6[C@@](C)(O)[C@@H]5C[C@H]4[C@@H](N(C)C)C2=O)CCO3)cc1. The highest BCUT2D eigenvalue weighted by Gasteiger charge is 2.67. The summed E-state index contributed by atoms with van der Waals surface area (Å²) in [6, 6.07) is 10.8. The second-order valence-electron chi connectivity index (χ2n) is 14.2. The number of phenolic OH excluding ortho intramolecular Hbond substituents is 1. The van der Waals surface area contributed by atoms with Gasteiger partial charge in [-0.15, -0.1) is 0 Å². The number of quaternary nitrogens is 1. The van der Waals surface area contributed by atoms with E-state index in [4.69, 9.17) is 9.31 Å². The van der Waals surface area contributed by atoms with E-state index in [0.29, 0.717) is 26.3 Å². The molecule has 0 radical (unpaired) electrons. The first-order chi connectivity index (χ1) is 22.6. The third-order valence-corrected chi connectivity index (χ3v) is 11.5. The standard InChI is InChI=1S/C34H40BN3O10/c1-18-8-10-19(11-9-18)35-38(12-14-47-35,13-15-48-35)17-36-32(44)26-29(41)27(37(3)4)22-16-21-25(30(42)34(22,46)31(26)43)28(40)24-20(33(21,2)45)6-5-7-23(24)39/h5-11,21-22,27,39-40,43,45-46H,12-17H2,1-4H3,(H,36,44)/t21-,22+,27-,33-,34-,35?,38?/m1/s1. The van der Waals surface area contributed by atoms with Crippen molar-refractivity contribution in [2.45, 2.75) is 37.5 Å². The van der Waals surface area contributed by atoms with Gasteiger partial charge in [-0.25, -0.2) is 0 Å². The molecule has 5 atom stereocenters. The highest BCUT2D eigenvalue weighted by Crippen LogP contribution is 2.57. The minimum absolute atomic E-state index is 0.0217. The Kier molecular flexibility index (Phi) is 7.26. The van der Waals surface area contributed by atoms with E-state index in [0.717, 1.165) is 11.0 Å². The molecule has 13 nitrogen and oxygen atoms in total. The molecule has 2 heterocycles. The number of aliphatic hydroxyl groups excluding tert-OH is 2. The van der Waals surface area contributed by atoms with Gasteiger partial charge in [0.15, 0.2) is 11.4 Å². The third kappa shape index (κ3) is 4.10. The van der Waals surface area contributed by atoms with Crippen molar-refractivity contribution in [3.05, 3.63) is 76.1 Å². The lowest BCUT2D eigenvalue weighted by atomic mass is 9.54. The molecule has 254 valence electrons. The van der Waals surface area contributed by atoms with Crippen molar-refractivity contribution >= 4 is 35.4 Å². The molecule has 5 aliphatic rings. The molecule has 6 N–H and O–H groups in total. The summed E-state index contributed by atoms with van der Waals surface area (Å²) in [5.74, 6) is -7.52. The molecule has 1 saturated carbocycles. The summed E-state index contributed by atoms with van der Waals surface area (Å²) in [7, 11) is 3.11. The highest BCUT2D eigenvalue weighted by molar-refractivity contribution is 6.75. The van der Waals surface area contributed by atoms with Crippen molar-refractivity contribution in [2.24, 2.45) is 11.8 Å². The summed E-state index contributed by atoms with van der Waals surface area (Å²) in [5, 5.41) is 60.4. The number of fused-ring (bicyclic) bond motifs is 4. The maximum absolute atomic E-state index is 14.4. The number of amides is 1. The molecule has 3 aliphatic carbocycles. The van der Waals surface area contributed by atoms with Gasteiger partial charge in [0.1, 0.15) is 29.5 Å². The Morgan fingerprint density at radius 1 is 1.04 bits per heavy atom. The highest BCUT2D eigenvalue weighted by atomic mass is 16.6. The first kappa shape index (κ1) is 32.5. The largest absolute Gasteiger partial charge is 0.508 e. The average molecular weight is 662 g/mol. The summed E-state index contributed by atoms with van der Waals surface area (Å²) >= 11 is 0. The third-order valence-electron chi connectivity index (χ3n) is 11.5. The summed E-state index contributed by atoms with van der Waals surface area (Å²) in [6.45, 7) is 3.11. The van der Waals surface area contributed by atoms with Crippen LogP contribution in [0.1, 0.15) is 30.0 Å². The Balaban J connectivity index is 1.28. The number of aryl methyl sites for hydroxylation is 1.